The quantitative estimate of drug-likeness (QED) is 0.787. The van der Waals surface area contributed by atoms with Gasteiger partial charge in [0.2, 0.25) is 0 Å². The molecule has 1 aromatic rings. The van der Waals surface area contributed by atoms with Gasteiger partial charge in [0.25, 0.3) is 0 Å². The maximum Gasteiger partial charge on any atom is 0.145 e. The van der Waals surface area contributed by atoms with Gasteiger partial charge in [0, 0.05) is 30.1 Å². The Morgan fingerprint density at radius 1 is 1.61 bits per heavy atom. The van der Waals surface area contributed by atoms with Crippen molar-refractivity contribution in [2.45, 2.75) is 32.5 Å². The maximum atomic E-state index is 9.91. The predicted molar refractivity (Wildman–Crippen MR) is 68.0 cm³/mol. The van der Waals surface area contributed by atoms with Gasteiger partial charge in [0.1, 0.15) is 5.75 Å². The van der Waals surface area contributed by atoms with Crippen molar-refractivity contribution in [1.82, 2.24) is 4.98 Å². The van der Waals surface area contributed by atoms with Crippen LogP contribution in [0, 0.1) is 6.92 Å². The van der Waals surface area contributed by atoms with Gasteiger partial charge in [-0.1, -0.05) is 0 Å². The number of aromatic nitrogens is 1. The van der Waals surface area contributed by atoms with Crippen LogP contribution in [-0.2, 0) is 11.3 Å². The summed E-state index contributed by atoms with van der Waals surface area (Å²) in [7, 11) is 0. The molecule has 0 radical (unpaired) electrons. The Morgan fingerprint density at radius 3 is 3.11 bits per heavy atom. The zero-order valence-electron chi connectivity index (χ0n) is 10.5. The molecule has 18 heavy (non-hydrogen) atoms. The van der Waals surface area contributed by atoms with E-state index in [1.807, 2.05) is 0 Å². The second kappa shape index (κ2) is 5.93. The number of aliphatic hydroxyl groups is 1. The number of aliphatic imine (C=N–C) groups is 1. The first-order valence-corrected chi connectivity index (χ1v) is 6.12. The summed E-state index contributed by atoms with van der Waals surface area (Å²) in [6, 6.07) is 0. The zero-order chi connectivity index (χ0) is 13.0. The van der Waals surface area contributed by atoms with Crippen molar-refractivity contribution in [2.24, 2.45) is 4.99 Å². The number of hydrogen-bond acceptors (Lipinski definition) is 5. The monoisotopic (exact) mass is 250 g/mol. The van der Waals surface area contributed by atoms with Crippen LogP contribution in [0.1, 0.15) is 29.7 Å². The van der Waals surface area contributed by atoms with Gasteiger partial charge in [-0.25, -0.2) is 0 Å². The lowest BCUT2D eigenvalue weighted by molar-refractivity contribution is 0.118. The Bertz CT molecular complexity index is 440. The lowest BCUT2D eigenvalue weighted by atomic mass is 10.1. The molecule has 2 rings (SSSR count). The summed E-state index contributed by atoms with van der Waals surface area (Å²) in [4.78, 5) is 8.28. The van der Waals surface area contributed by atoms with Crippen molar-refractivity contribution in [3.63, 3.8) is 0 Å². The average Bonchev–Trinajstić information content (AvgIpc) is 2.88. The number of pyridine rings is 1. The van der Waals surface area contributed by atoms with E-state index in [0.717, 1.165) is 19.4 Å². The van der Waals surface area contributed by atoms with Gasteiger partial charge >= 0.3 is 0 Å². The summed E-state index contributed by atoms with van der Waals surface area (Å²) < 4.78 is 5.46. The molecule has 1 aromatic heterocycles. The topological polar surface area (TPSA) is 74.9 Å². The number of rotatable bonds is 4. The van der Waals surface area contributed by atoms with E-state index in [0.29, 0.717) is 23.4 Å². The molecule has 0 aliphatic carbocycles. The standard InChI is InChI=1S/C13H18N2O3/c1-9-13(17)12(10(8-16)5-15-9)7-14-6-11-3-2-4-18-11/h5,7,11,16-17H,2-4,6,8H2,1H3/t11-/m1/s1. The average molecular weight is 250 g/mol. The van der Waals surface area contributed by atoms with Gasteiger partial charge in [0.15, 0.2) is 0 Å². The normalized spacial score (nSPS) is 19.8. The van der Waals surface area contributed by atoms with Gasteiger partial charge < -0.3 is 14.9 Å². The molecular weight excluding hydrogens is 232 g/mol. The summed E-state index contributed by atoms with van der Waals surface area (Å²) in [6.45, 7) is 2.95. The van der Waals surface area contributed by atoms with E-state index in [1.54, 1.807) is 19.3 Å². The Hall–Kier alpha value is -1.46. The molecule has 0 unspecified atom stereocenters. The van der Waals surface area contributed by atoms with Crippen molar-refractivity contribution >= 4 is 6.21 Å². The number of hydrogen-bond donors (Lipinski definition) is 2. The predicted octanol–water partition coefficient (Wildman–Crippen LogP) is 1.19. The highest BCUT2D eigenvalue weighted by molar-refractivity contribution is 5.85. The second-order valence-electron chi connectivity index (χ2n) is 4.42. The van der Waals surface area contributed by atoms with Crippen LogP contribution in [0.2, 0.25) is 0 Å². The molecule has 0 aromatic carbocycles. The molecule has 2 N–H and O–H groups in total. The minimum atomic E-state index is -0.165. The largest absolute Gasteiger partial charge is 0.505 e. The van der Waals surface area contributed by atoms with Crippen molar-refractivity contribution in [2.75, 3.05) is 13.2 Å². The first kappa shape index (κ1) is 13.0. The van der Waals surface area contributed by atoms with Crippen molar-refractivity contribution in [3.05, 3.63) is 23.0 Å². The highest BCUT2D eigenvalue weighted by Crippen LogP contribution is 2.22. The number of ether oxygens (including phenoxy) is 1. The summed E-state index contributed by atoms with van der Waals surface area (Å²) >= 11 is 0. The van der Waals surface area contributed by atoms with Crippen LogP contribution in [0.5, 0.6) is 5.75 Å². The van der Waals surface area contributed by atoms with Crippen molar-refractivity contribution in [1.29, 1.82) is 0 Å². The van der Waals surface area contributed by atoms with E-state index in [9.17, 15) is 10.2 Å². The number of nitrogens with zero attached hydrogens (tertiary/aromatic N) is 2. The van der Waals surface area contributed by atoms with Gasteiger partial charge in [-0.3, -0.25) is 9.98 Å². The third-order valence-corrected chi connectivity index (χ3v) is 3.08. The second-order valence-corrected chi connectivity index (χ2v) is 4.42. The fourth-order valence-corrected chi connectivity index (χ4v) is 1.97. The molecule has 1 saturated heterocycles. The number of aryl methyl sites for hydroxylation is 1. The third kappa shape index (κ3) is 2.86. The van der Waals surface area contributed by atoms with Crippen LogP contribution in [0.15, 0.2) is 11.2 Å². The van der Waals surface area contributed by atoms with Crippen LogP contribution in [0.4, 0.5) is 0 Å². The molecule has 1 aliphatic rings. The molecule has 0 amide bonds. The lowest BCUT2D eigenvalue weighted by Gasteiger charge is -2.08. The molecule has 1 aliphatic heterocycles. The molecule has 5 nitrogen and oxygen atoms in total. The van der Waals surface area contributed by atoms with Crippen molar-refractivity contribution in [3.8, 4) is 5.75 Å². The highest BCUT2D eigenvalue weighted by atomic mass is 16.5. The van der Waals surface area contributed by atoms with E-state index in [4.69, 9.17) is 4.74 Å². The molecule has 5 heteroatoms. The van der Waals surface area contributed by atoms with Gasteiger partial charge in [0.05, 0.1) is 24.9 Å². The van der Waals surface area contributed by atoms with Gasteiger partial charge in [-0.05, 0) is 19.8 Å². The molecule has 98 valence electrons. The molecule has 1 fully saturated rings. The molecule has 1 atom stereocenters. The smallest absolute Gasteiger partial charge is 0.145 e. The minimum Gasteiger partial charge on any atom is -0.505 e. The summed E-state index contributed by atoms with van der Waals surface area (Å²) in [5.41, 5.74) is 1.66. The number of aromatic hydroxyl groups is 1. The fraction of sp³-hybridized carbons (Fsp3) is 0.538. The summed E-state index contributed by atoms with van der Waals surface area (Å²) in [5, 5.41) is 19.1. The minimum absolute atomic E-state index is 0.0811. The van der Waals surface area contributed by atoms with Crippen LogP contribution < -0.4 is 0 Å². The Balaban J connectivity index is 2.11. The number of aliphatic hydroxyl groups excluding tert-OH is 1. The van der Waals surface area contributed by atoms with Crippen LogP contribution >= 0.6 is 0 Å². The van der Waals surface area contributed by atoms with Gasteiger partial charge in [-0.15, -0.1) is 0 Å². The van der Waals surface area contributed by atoms with Crippen molar-refractivity contribution < 1.29 is 14.9 Å². The first-order valence-electron chi connectivity index (χ1n) is 6.12. The zero-order valence-corrected chi connectivity index (χ0v) is 10.5. The lowest BCUT2D eigenvalue weighted by Crippen LogP contribution is -2.09. The van der Waals surface area contributed by atoms with Crippen LogP contribution in [0.3, 0.4) is 0 Å². The summed E-state index contributed by atoms with van der Waals surface area (Å²) in [5.74, 6) is 0.0811. The van der Waals surface area contributed by atoms with Crippen LogP contribution in [0.25, 0.3) is 0 Å². The van der Waals surface area contributed by atoms with E-state index >= 15 is 0 Å². The maximum absolute atomic E-state index is 9.91. The third-order valence-electron chi connectivity index (χ3n) is 3.08. The van der Waals surface area contributed by atoms with Gasteiger partial charge in [-0.2, -0.15) is 0 Å². The first-order chi connectivity index (χ1) is 8.72. The van der Waals surface area contributed by atoms with E-state index in [1.165, 1.54) is 0 Å². The Labute approximate surface area is 106 Å². The SMILES string of the molecule is Cc1ncc(CO)c(C=NC[C@H]2CCCO2)c1O. The Morgan fingerprint density at radius 2 is 2.44 bits per heavy atom. The van der Waals surface area contributed by atoms with E-state index in [-0.39, 0.29) is 18.5 Å². The molecule has 2 heterocycles. The molecule has 0 bridgehead atoms. The Kier molecular flexibility index (Phi) is 4.28. The highest BCUT2D eigenvalue weighted by Gasteiger charge is 2.14. The summed E-state index contributed by atoms with van der Waals surface area (Å²) in [6.07, 6.45) is 5.45. The molecular formula is C13H18N2O3. The van der Waals surface area contributed by atoms with E-state index < -0.39 is 0 Å². The van der Waals surface area contributed by atoms with E-state index in [2.05, 4.69) is 9.98 Å². The molecule has 0 spiro atoms. The fourth-order valence-electron chi connectivity index (χ4n) is 1.97. The molecule has 0 saturated carbocycles. The van der Waals surface area contributed by atoms with Crippen LogP contribution in [-0.4, -0.2) is 40.7 Å².